The van der Waals surface area contributed by atoms with Crippen molar-refractivity contribution < 1.29 is 27.5 Å². The number of likely N-dealkylation sites (N-methyl/N-ethyl adjacent to an activating group) is 1. The molecule has 1 aromatic heterocycles. The summed E-state index contributed by atoms with van der Waals surface area (Å²) in [5.74, 6) is -0.601. The molecule has 4 N–H and O–H groups in total. The predicted molar refractivity (Wildman–Crippen MR) is 154 cm³/mol. The first-order valence-corrected chi connectivity index (χ1v) is 14.0. The first kappa shape index (κ1) is 32.0. The summed E-state index contributed by atoms with van der Waals surface area (Å²) in [6, 6.07) is 14.6. The Morgan fingerprint density at radius 3 is 2.55 bits per heavy atom. The van der Waals surface area contributed by atoms with Crippen LogP contribution in [0.15, 0.2) is 59.6 Å². The molecule has 1 atom stereocenters. The third-order valence-electron chi connectivity index (χ3n) is 6.13. The molecule has 0 aliphatic rings. The van der Waals surface area contributed by atoms with Gasteiger partial charge >= 0.3 is 12.3 Å². The molecule has 2 aromatic carbocycles. The molecule has 14 heteroatoms. The number of carbonyl (C=O) groups excluding carboxylic acids is 2. The van der Waals surface area contributed by atoms with Crippen molar-refractivity contribution in [3.05, 3.63) is 71.3 Å². The number of ether oxygens (including phenoxy) is 1. The summed E-state index contributed by atoms with van der Waals surface area (Å²) in [5.41, 5.74) is 5.86. The molecule has 0 spiro atoms. The third-order valence-corrected chi connectivity index (χ3v) is 6.81. The number of nitrogens with one attached hydrogen (secondary N) is 2. The normalized spacial score (nSPS) is 11.7. The zero-order valence-corrected chi connectivity index (χ0v) is 23.8. The molecule has 3 rings (SSSR count). The highest BCUT2D eigenvalue weighted by molar-refractivity contribution is 7.98. The lowest BCUT2D eigenvalue weighted by atomic mass is 10.1. The zero-order valence-electron chi connectivity index (χ0n) is 22.9. The molecular formula is C28H30F3N7O3S. The zero-order chi connectivity index (χ0) is 30.7. The Morgan fingerprint density at radius 1 is 1.14 bits per heavy atom. The first-order chi connectivity index (χ1) is 20.0. The Balaban J connectivity index is 1.71. The van der Waals surface area contributed by atoms with Crippen LogP contribution >= 0.6 is 11.8 Å². The van der Waals surface area contributed by atoms with Crippen LogP contribution in [-0.2, 0) is 22.3 Å². The van der Waals surface area contributed by atoms with Crippen molar-refractivity contribution >= 4 is 41.2 Å². The molecule has 3 aromatic rings. The average Bonchev–Trinajstić information content (AvgIpc) is 2.97. The number of nitrogens with zero attached hydrogens (tertiary/aromatic N) is 4. The van der Waals surface area contributed by atoms with Crippen LogP contribution < -0.4 is 21.3 Å². The molecule has 0 saturated carbocycles. The largest absolute Gasteiger partial charge is 0.445 e. The van der Waals surface area contributed by atoms with Crippen LogP contribution in [0.5, 0.6) is 0 Å². The van der Waals surface area contributed by atoms with Gasteiger partial charge in [0.2, 0.25) is 11.9 Å². The number of carbonyl (C=O) groups is 2. The number of alkyl carbamates (subject to hydrolysis) is 1. The number of thioether (sulfide) groups is 1. The summed E-state index contributed by atoms with van der Waals surface area (Å²) >= 11 is 1.18. The van der Waals surface area contributed by atoms with E-state index in [1.165, 1.54) is 28.8 Å². The third kappa shape index (κ3) is 9.00. The maximum atomic E-state index is 13.4. The Bertz CT molecular complexity index is 1420. The van der Waals surface area contributed by atoms with Crippen molar-refractivity contribution in [2.75, 3.05) is 35.8 Å². The maximum Gasteiger partial charge on any atom is 0.416 e. The molecule has 42 heavy (non-hydrogen) atoms. The van der Waals surface area contributed by atoms with Gasteiger partial charge in [-0.3, -0.25) is 4.79 Å². The number of rotatable bonds is 12. The van der Waals surface area contributed by atoms with E-state index in [-0.39, 0.29) is 42.6 Å². The number of alkyl halides is 3. The van der Waals surface area contributed by atoms with Crippen molar-refractivity contribution in [2.24, 2.45) is 0 Å². The molecule has 222 valence electrons. The summed E-state index contributed by atoms with van der Waals surface area (Å²) in [6.45, 7) is 0.385. The fourth-order valence-electron chi connectivity index (χ4n) is 4.02. The van der Waals surface area contributed by atoms with E-state index in [1.807, 2.05) is 36.4 Å². The molecule has 0 saturated heterocycles. The first-order valence-electron chi connectivity index (χ1n) is 12.8. The van der Waals surface area contributed by atoms with Crippen LogP contribution in [-0.4, -0.2) is 47.9 Å². The number of nitriles is 1. The quantitative estimate of drug-likeness (QED) is 0.145. The van der Waals surface area contributed by atoms with Crippen molar-refractivity contribution in [3.63, 3.8) is 0 Å². The highest BCUT2D eigenvalue weighted by Crippen LogP contribution is 2.31. The minimum absolute atomic E-state index is 0.0384. The van der Waals surface area contributed by atoms with Crippen LogP contribution in [0, 0.1) is 11.3 Å². The standard InChI is InChI=1S/C28H30F3N7O3S/c1-38(23-21(16-32)25(42-2)37-26(33)36-23)22(24(39)35-20-12-8-11-19(15-20)28(29,30)31)13-6-7-14-34-27(40)41-17-18-9-4-3-5-10-18/h3-5,8-12,15,22H,6-7,13-14,17H2,1-2H3,(H,34,40)(H,35,39)(H2,33,36,37)/t22-/m0/s1. The second kappa shape index (κ2) is 14.9. The van der Waals surface area contributed by atoms with Crippen LogP contribution in [0.25, 0.3) is 0 Å². The summed E-state index contributed by atoms with van der Waals surface area (Å²) in [4.78, 5) is 35.2. The van der Waals surface area contributed by atoms with Gasteiger partial charge in [0, 0.05) is 19.3 Å². The monoisotopic (exact) mass is 601 g/mol. The number of halogens is 3. The van der Waals surface area contributed by atoms with E-state index in [0.29, 0.717) is 17.9 Å². The lowest BCUT2D eigenvalue weighted by Gasteiger charge is -2.29. The van der Waals surface area contributed by atoms with Gasteiger partial charge in [-0.2, -0.15) is 23.4 Å². The number of hydrogen-bond acceptors (Lipinski definition) is 9. The SMILES string of the molecule is CSc1nc(N)nc(N(C)[C@@H](CCCCNC(=O)OCc2ccccc2)C(=O)Nc2cccc(C(F)(F)F)c2)c1C#N. The average molecular weight is 602 g/mol. The van der Waals surface area contributed by atoms with Gasteiger partial charge in [-0.25, -0.2) is 9.78 Å². The van der Waals surface area contributed by atoms with E-state index >= 15 is 0 Å². The van der Waals surface area contributed by atoms with Crippen LogP contribution in [0.1, 0.15) is 36.0 Å². The number of nitrogen functional groups attached to an aromatic ring is 1. The van der Waals surface area contributed by atoms with Gasteiger partial charge in [0.15, 0.2) is 5.82 Å². The molecule has 2 amide bonds. The summed E-state index contributed by atoms with van der Waals surface area (Å²) in [6.07, 6.45) is -2.35. The van der Waals surface area contributed by atoms with Crippen molar-refractivity contribution in [2.45, 2.75) is 43.1 Å². The topological polar surface area (TPSA) is 146 Å². The number of amides is 2. The second-order valence-electron chi connectivity index (χ2n) is 9.08. The molecule has 0 fully saturated rings. The fraction of sp³-hybridized carbons (Fsp3) is 0.321. The Morgan fingerprint density at radius 2 is 1.88 bits per heavy atom. The van der Waals surface area contributed by atoms with Gasteiger partial charge < -0.3 is 26.0 Å². The van der Waals surface area contributed by atoms with E-state index in [0.717, 1.165) is 17.7 Å². The lowest BCUT2D eigenvalue weighted by Crippen LogP contribution is -2.43. The fourth-order valence-corrected chi connectivity index (χ4v) is 4.55. The highest BCUT2D eigenvalue weighted by Gasteiger charge is 2.31. The lowest BCUT2D eigenvalue weighted by molar-refractivity contribution is -0.137. The number of benzene rings is 2. The van der Waals surface area contributed by atoms with Crippen LogP contribution in [0.4, 0.5) is 35.4 Å². The van der Waals surface area contributed by atoms with Crippen molar-refractivity contribution in [3.8, 4) is 6.07 Å². The van der Waals surface area contributed by atoms with Crippen LogP contribution in [0.3, 0.4) is 0 Å². The minimum Gasteiger partial charge on any atom is -0.445 e. The van der Waals surface area contributed by atoms with Gasteiger partial charge in [0.05, 0.1) is 5.56 Å². The number of nitrogens with two attached hydrogens (primary N) is 1. The maximum absolute atomic E-state index is 13.4. The number of hydrogen-bond donors (Lipinski definition) is 3. The molecule has 10 nitrogen and oxygen atoms in total. The number of unbranched alkanes of at least 4 members (excludes halogenated alkanes) is 1. The summed E-state index contributed by atoms with van der Waals surface area (Å²) in [7, 11) is 1.54. The predicted octanol–water partition coefficient (Wildman–Crippen LogP) is 5.21. The van der Waals surface area contributed by atoms with E-state index in [4.69, 9.17) is 10.5 Å². The summed E-state index contributed by atoms with van der Waals surface area (Å²) in [5, 5.41) is 15.3. The molecule has 1 heterocycles. The number of anilines is 3. The van der Waals surface area contributed by atoms with E-state index < -0.39 is 29.8 Å². The van der Waals surface area contributed by atoms with Gasteiger partial charge in [0.25, 0.3) is 0 Å². The van der Waals surface area contributed by atoms with Gasteiger partial charge in [0.1, 0.15) is 29.3 Å². The Labute approximate surface area is 245 Å². The minimum atomic E-state index is -4.58. The van der Waals surface area contributed by atoms with Gasteiger partial charge in [-0.15, -0.1) is 11.8 Å². The molecular weight excluding hydrogens is 571 g/mol. The molecule has 0 unspecified atom stereocenters. The number of aromatic nitrogens is 2. The van der Waals surface area contributed by atoms with E-state index in [9.17, 15) is 28.0 Å². The van der Waals surface area contributed by atoms with E-state index in [1.54, 1.807) is 13.3 Å². The molecule has 0 aliphatic heterocycles. The van der Waals surface area contributed by atoms with Gasteiger partial charge in [-0.05, 0) is 49.3 Å². The second-order valence-corrected chi connectivity index (χ2v) is 9.88. The Kier molecular flexibility index (Phi) is 11.4. The van der Waals surface area contributed by atoms with Crippen molar-refractivity contribution in [1.29, 1.82) is 5.26 Å². The van der Waals surface area contributed by atoms with Crippen molar-refractivity contribution in [1.82, 2.24) is 15.3 Å². The Hall–Kier alpha value is -4.51. The smallest absolute Gasteiger partial charge is 0.416 e. The van der Waals surface area contributed by atoms with E-state index in [2.05, 4.69) is 20.6 Å². The summed E-state index contributed by atoms with van der Waals surface area (Å²) < 4.78 is 44.8. The highest BCUT2D eigenvalue weighted by atomic mass is 32.2. The van der Waals surface area contributed by atoms with Crippen LogP contribution in [0.2, 0.25) is 0 Å². The molecule has 0 aliphatic carbocycles. The molecule has 0 radical (unpaired) electrons. The molecule has 0 bridgehead atoms. The van der Waals surface area contributed by atoms with Gasteiger partial charge in [-0.1, -0.05) is 36.4 Å².